The second-order valence-electron chi connectivity index (χ2n) is 6.47. The molecule has 3 rings (SSSR count). The number of nitrogens with one attached hydrogen (secondary N) is 2. The summed E-state index contributed by atoms with van der Waals surface area (Å²) in [5.74, 6) is -3.30. The highest BCUT2D eigenvalue weighted by molar-refractivity contribution is 7.21. The van der Waals surface area contributed by atoms with Crippen molar-refractivity contribution in [1.29, 1.82) is 0 Å². The van der Waals surface area contributed by atoms with Crippen molar-refractivity contribution >= 4 is 62.2 Å². The molecule has 12 heteroatoms. The molecule has 1 heterocycles. The van der Waals surface area contributed by atoms with Crippen molar-refractivity contribution in [2.75, 3.05) is 11.9 Å². The van der Waals surface area contributed by atoms with Crippen LogP contribution < -0.4 is 10.6 Å². The third kappa shape index (κ3) is 5.18. The SMILES string of the molecule is CC(OC(=O)CNC(=O)c1sc2ccccc2c1Cl)C(=O)Nc1ccc(F)c([N+](=O)[O-])c1. The zero-order valence-electron chi connectivity index (χ0n) is 16.4. The number of nitro benzene ring substituents is 1. The molecule has 2 aromatic carbocycles. The number of benzene rings is 2. The lowest BCUT2D eigenvalue weighted by Crippen LogP contribution is -2.35. The third-order valence-electron chi connectivity index (χ3n) is 4.22. The number of esters is 1. The van der Waals surface area contributed by atoms with Gasteiger partial charge >= 0.3 is 11.7 Å². The van der Waals surface area contributed by atoms with Gasteiger partial charge in [-0.05, 0) is 25.1 Å². The van der Waals surface area contributed by atoms with Crippen LogP contribution in [0.15, 0.2) is 42.5 Å². The number of rotatable bonds is 7. The number of amides is 2. The molecule has 0 bridgehead atoms. The highest BCUT2D eigenvalue weighted by Gasteiger charge is 2.22. The fourth-order valence-corrected chi connectivity index (χ4v) is 4.09. The number of hydrogen-bond donors (Lipinski definition) is 2. The Bertz CT molecular complexity index is 1230. The van der Waals surface area contributed by atoms with Crippen LogP contribution in [0.2, 0.25) is 5.02 Å². The molecule has 0 fully saturated rings. The summed E-state index contributed by atoms with van der Waals surface area (Å²) < 4.78 is 19.2. The van der Waals surface area contributed by atoms with Crippen LogP contribution in [0.5, 0.6) is 0 Å². The molecule has 0 radical (unpaired) electrons. The van der Waals surface area contributed by atoms with Crippen LogP contribution in [0, 0.1) is 15.9 Å². The van der Waals surface area contributed by atoms with Gasteiger partial charge < -0.3 is 15.4 Å². The van der Waals surface area contributed by atoms with E-state index in [1.54, 1.807) is 12.1 Å². The lowest BCUT2D eigenvalue weighted by molar-refractivity contribution is -0.387. The maximum Gasteiger partial charge on any atom is 0.326 e. The van der Waals surface area contributed by atoms with Gasteiger partial charge in [0.2, 0.25) is 5.82 Å². The summed E-state index contributed by atoms with van der Waals surface area (Å²) in [5, 5.41) is 16.5. The van der Waals surface area contributed by atoms with Gasteiger partial charge in [-0.25, -0.2) is 0 Å². The molecular formula is C20H15ClFN3O6S. The van der Waals surface area contributed by atoms with Crippen LogP contribution >= 0.6 is 22.9 Å². The predicted molar refractivity (Wildman–Crippen MR) is 116 cm³/mol. The first-order valence-electron chi connectivity index (χ1n) is 9.07. The van der Waals surface area contributed by atoms with E-state index in [0.29, 0.717) is 0 Å². The number of hydrogen-bond acceptors (Lipinski definition) is 7. The number of nitrogens with zero attached hydrogens (tertiary/aromatic N) is 1. The summed E-state index contributed by atoms with van der Waals surface area (Å²) in [6, 6.07) is 9.99. The number of nitro groups is 1. The molecule has 1 unspecified atom stereocenters. The lowest BCUT2D eigenvalue weighted by Gasteiger charge is -2.14. The maximum absolute atomic E-state index is 13.4. The molecule has 3 aromatic rings. The molecule has 0 saturated heterocycles. The minimum absolute atomic E-state index is 0.0429. The van der Waals surface area contributed by atoms with Crippen molar-refractivity contribution < 1.29 is 28.4 Å². The minimum Gasteiger partial charge on any atom is -0.451 e. The van der Waals surface area contributed by atoms with E-state index in [9.17, 15) is 28.9 Å². The number of ether oxygens (including phenoxy) is 1. The molecule has 1 aromatic heterocycles. The molecule has 0 aliphatic carbocycles. The van der Waals surface area contributed by atoms with E-state index in [1.807, 2.05) is 12.1 Å². The molecule has 0 spiro atoms. The van der Waals surface area contributed by atoms with Crippen molar-refractivity contribution in [2.24, 2.45) is 0 Å². The van der Waals surface area contributed by atoms with Crippen molar-refractivity contribution in [1.82, 2.24) is 5.32 Å². The van der Waals surface area contributed by atoms with Crippen molar-refractivity contribution in [2.45, 2.75) is 13.0 Å². The molecule has 166 valence electrons. The van der Waals surface area contributed by atoms with Crippen LogP contribution in [-0.4, -0.2) is 35.4 Å². The molecule has 0 saturated carbocycles. The Morgan fingerprint density at radius 2 is 1.97 bits per heavy atom. The Morgan fingerprint density at radius 3 is 2.66 bits per heavy atom. The standard InChI is InChI=1S/C20H15ClFN3O6S/c1-10(19(27)24-11-6-7-13(22)14(8-11)25(29)30)31-16(26)9-23-20(28)18-17(21)12-4-2-3-5-15(12)32-18/h2-8,10H,9H2,1H3,(H,23,28)(H,24,27). The van der Waals surface area contributed by atoms with Gasteiger partial charge in [-0.3, -0.25) is 24.5 Å². The second-order valence-corrected chi connectivity index (χ2v) is 7.90. The van der Waals surface area contributed by atoms with Crippen LogP contribution in [-0.2, 0) is 14.3 Å². The summed E-state index contributed by atoms with van der Waals surface area (Å²) in [6.45, 7) is 0.763. The summed E-state index contributed by atoms with van der Waals surface area (Å²) in [4.78, 5) is 46.6. The monoisotopic (exact) mass is 479 g/mol. The van der Waals surface area contributed by atoms with E-state index >= 15 is 0 Å². The first-order valence-corrected chi connectivity index (χ1v) is 10.3. The normalized spacial score (nSPS) is 11.6. The highest BCUT2D eigenvalue weighted by atomic mass is 35.5. The van der Waals surface area contributed by atoms with Gasteiger partial charge in [0, 0.05) is 21.8 Å². The molecule has 2 amide bonds. The van der Waals surface area contributed by atoms with Crippen molar-refractivity contribution in [3.8, 4) is 0 Å². The van der Waals surface area contributed by atoms with E-state index in [-0.39, 0.29) is 15.6 Å². The van der Waals surface area contributed by atoms with E-state index in [0.717, 1.165) is 28.3 Å². The maximum atomic E-state index is 13.4. The third-order valence-corrected chi connectivity index (χ3v) is 5.90. The average molecular weight is 480 g/mol. The number of thiophene rings is 1. The zero-order valence-corrected chi connectivity index (χ0v) is 18.0. The molecule has 32 heavy (non-hydrogen) atoms. The van der Waals surface area contributed by atoms with Gasteiger partial charge in [0.1, 0.15) is 11.4 Å². The van der Waals surface area contributed by atoms with E-state index in [2.05, 4.69) is 10.6 Å². The van der Waals surface area contributed by atoms with E-state index in [1.165, 1.54) is 18.3 Å². The van der Waals surface area contributed by atoms with E-state index < -0.39 is 46.9 Å². The first kappa shape index (κ1) is 23.1. The molecule has 9 nitrogen and oxygen atoms in total. The first-order chi connectivity index (χ1) is 15.2. The summed E-state index contributed by atoms with van der Waals surface area (Å²) in [7, 11) is 0. The Labute approximate surface area is 189 Å². The average Bonchev–Trinajstić information content (AvgIpc) is 3.10. The number of carbonyl (C=O) groups excluding carboxylic acids is 3. The number of halogens is 2. The summed E-state index contributed by atoms with van der Waals surface area (Å²) in [6.07, 6.45) is -1.28. The summed E-state index contributed by atoms with van der Waals surface area (Å²) >= 11 is 7.40. The van der Waals surface area contributed by atoms with Crippen LogP contribution in [0.3, 0.4) is 0 Å². The number of carbonyl (C=O) groups is 3. The molecular weight excluding hydrogens is 465 g/mol. The Morgan fingerprint density at radius 1 is 1.25 bits per heavy atom. The molecule has 0 aliphatic heterocycles. The Hall–Kier alpha value is -3.57. The predicted octanol–water partition coefficient (Wildman–Crippen LogP) is 3.90. The number of fused-ring (bicyclic) bond motifs is 1. The fourth-order valence-electron chi connectivity index (χ4n) is 2.66. The van der Waals surface area contributed by atoms with Gasteiger partial charge in [0.15, 0.2) is 6.10 Å². The van der Waals surface area contributed by atoms with Gasteiger partial charge in [-0.2, -0.15) is 4.39 Å². The minimum atomic E-state index is -1.28. The number of anilines is 1. The fraction of sp³-hybridized carbons (Fsp3) is 0.150. The van der Waals surface area contributed by atoms with Crippen LogP contribution in [0.4, 0.5) is 15.8 Å². The van der Waals surface area contributed by atoms with Gasteiger partial charge in [-0.1, -0.05) is 29.8 Å². The van der Waals surface area contributed by atoms with Gasteiger partial charge in [-0.15, -0.1) is 11.3 Å². The van der Waals surface area contributed by atoms with Crippen molar-refractivity contribution in [3.05, 3.63) is 68.3 Å². The zero-order chi connectivity index (χ0) is 23.4. The second kappa shape index (κ2) is 9.71. The van der Waals surface area contributed by atoms with Gasteiger partial charge in [0.25, 0.3) is 11.8 Å². The van der Waals surface area contributed by atoms with Crippen LogP contribution in [0.1, 0.15) is 16.6 Å². The molecule has 0 aliphatic rings. The quantitative estimate of drug-likeness (QED) is 0.300. The smallest absolute Gasteiger partial charge is 0.326 e. The topological polar surface area (TPSA) is 128 Å². The lowest BCUT2D eigenvalue weighted by atomic mass is 10.2. The van der Waals surface area contributed by atoms with E-state index in [4.69, 9.17) is 16.3 Å². The molecule has 1 atom stereocenters. The Kier molecular flexibility index (Phi) is 7.01. The van der Waals surface area contributed by atoms with Crippen molar-refractivity contribution in [3.63, 3.8) is 0 Å². The Balaban J connectivity index is 1.54. The largest absolute Gasteiger partial charge is 0.451 e. The highest BCUT2D eigenvalue weighted by Crippen LogP contribution is 2.34. The van der Waals surface area contributed by atoms with Crippen LogP contribution in [0.25, 0.3) is 10.1 Å². The van der Waals surface area contributed by atoms with Gasteiger partial charge in [0.05, 0.1) is 9.95 Å². The summed E-state index contributed by atoms with van der Waals surface area (Å²) in [5.41, 5.74) is -0.853. The molecule has 2 N–H and O–H groups in total.